The number of carbonyl (C=O) groups is 1. The Labute approximate surface area is 154 Å². The molecule has 1 heterocycles. The lowest BCUT2D eigenvalue weighted by Gasteiger charge is -2.12. The van der Waals surface area contributed by atoms with Crippen LogP contribution in [0.25, 0.3) is 0 Å². The molecule has 1 amide bonds. The monoisotopic (exact) mass is 357 g/mol. The summed E-state index contributed by atoms with van der Waals surface area (Å²) in [6.07, 6.45) is 1.72. The molecule has 0 aliphatic carbocycles. The van der Waals surface area contributed by atoms with E-state index in [1.165, 1.54) is 0 Å². The highest BCUT2D eigenvalue weighted by Crippen LogP contribution is 2.07. The zero-order chi connectivity index (χ0) is 18.9. The lowest BCUT2D eigenvalue weighted by atomic mass is 10.1. The molecule has 140 valence electrons. The van der Waals surface area contributed by atoms with E-state index < -0.39 is 0 Å². The van der Waals surface area contributed by atoms with Gasteiger partial charge in [0.1, 0.15) is 6.33 Å². The zero-order valence-corrected chi connectivity index (χ0v) is 15.9. The molecular formula is C18H27N7O. The van der Waals surface area contributed by atoms with Gasteiger partial charge in [-0.1, -0.05) is 12.1 Å². The largest absolute Gasteiger partial charge is 0.357 e. The van der Waals surface area contributed by atoms with E-state index in [9.17, 15) is 4.79 Å². The van der Waals surface area contributed by atoms with E-state index in [-0.39, 0.29) is 5.91 Å². The maximum Gasteiger partial charge on any atom is 0.253 e. The van der Waals surface area contributed by atoms with Crippen molar-refractivity contribution in [3.05, 3.63) is 47.5 Å². The molecule has 0 spiro atoms. The minimum atomic E-state index is -0.00454. The van der Waals surface area contributed by atoms with Crippen LogP contribution in [0, 0.1) is 0 Å². The van der Waals surface area contributed by atoms with Crippen LogP contribution in [0.2, 0.25) is 0 Å². The summed E-state index contributed by atoms with van der Waals surface area (Å²) in [5.74, 6) is 1.58. The predicted molar refractivity (Wildman–Crippen MR) is 102 cm³/mol. The maximum absolute atomic E-state index is 11.9. The van der Waals surface area contributed by atoms with E-state index in [1.807, 2.05) is 35.8 Å². The number of carbonyl (C=O) groups excluding carboxylic acids is 1. The van der Waals surface area contributed by atoms with Crippen molar-refractivity contribution in [1.29, 1.82) is 0 Å². The molecule has 2 aromatic rings. The van der Waals surface area contributed by atoms with Crippen LogP contribution < -0.4 is 10.6 Å². The number of guanidine groups is 1. The van der Waals surface area contributed by atoms with Crippen molar-refractivity contribution in [3.63, 3.8) is 0 Å². The normalized spacial score (nSPS) is 11.3. The Kier molecular flexibility index (Phi) is 7.13. The highest BCUT2D eigenvalue weighted by atomic mass is 16.2. The first-order valence-electron chi connectivity index (χ1n) is 8.74. The molecule has 2 rings (SSSR count). The number of hydrogen-bond acceptors (Lipinski definition) is 4. The van der Waals surface area contributed by atoms with Gasteiger partial charge in [-0.2, -0.15) is 0 Å². The van der Waals surface area contributed by atoms with Crippen molar-refractivity contribution in [2.24, 2.45) is 4.99 Å². The van der Waals surface area contributed by atoms with E-state index in [0.29, 0.717) is 24.6 Å². The third-order valence-electron chi connectivity index (χ3n) is 3.82. The number of benzene rings is 1. The summed E-state index contributed by atoms with van der Waals surface area (Å²) in [5, 5.41) is 14.5. The molecular weight excluding hydrogens is 330 g/mol. The molecule has 0 aliphatic heterocycles. The van der Waals surface area contributed by atoms with Gasteiger partial charge in [0.25, 0.3) is 5.91 Å². The van der Waals surface area contributed by atoms with Crippen LogP contribution in [0.1, 0.15) is 35.6 Å². The van der Waals surface area contributed by atoms with Crippen molar-refractivity contribution in [2.45, 2.75) is 33.5 Å². The van der Waals surface area contributed by atoms with Gasteiger partial charge in [0, 0.05) is 32.7 Å². The van der Waals surface area contributed by atoms with E-state index >= 15 is 0 Å². The standard InChI is InChI=1S/C18H27N7O/c1-5-19-18(21-12-16-23-22-13-25(16)6-2)20-11-14-7-9-15(10-8-14)17(26)24(3)4/h7-10,13H,5-6,11-12H2,1-4H3,(H2,19,20,21). The van der Waals surface area contributed by atoms with Crippen LogP contribution in [0.4, 0.5) is 0 Å². The van der Waals surface area contributed by atoms with Gasteiger partial charge >= 0.3 is 0 Å². The Morgan fingerprint density at radius 3 is 2.54 bits per heavy atom. The van der Waals surface area contributed by atoms with Crippen LogP contribution in [-0.2, 0) is 19.6 Å². The topological polar surface area (TPSA) is 87.4 Å². The molecule has 1 aromatic heterocycles. The van der Waals surface area contributed by atoms with Gasteiger partial charge in [0.15, 0.2) is 11.8 Å². The number of amides is 1. The van der Waals surface area contributed by atoms with E-state index in [0.717, 1.165) is 24.5 Å². The molecule has 0 bridgehead atoms. The molecule has 0 aliphatic rings. The Bertz CT molecular complexity index is 734. The number of aromatic nitrogens is 3. The number of aliphatic imine (C=N–C) groups is 1. The summed E-state index contributed by atoms with van der Waals surface area (Å²) in [7, 11) is 3.49. The van der Waals surface area contributed by atoms with Crippen molar-refractivity contribution in [1.82, 2.24) is 30.3 Å². The third-order valence-corrected chi connectivity index (χ3v) is 3.82. The summed E-state index contributed by atoms with van der Waals surface area (Å²) in [6, 6.07) is 7.52. The van der Waals surface area contributed by atoms with Gasteiger partial charge < -0.3 is 20.1 Å². The number of hydrogen-bond donors (Lipinski definition) is 2. The first-order chi connectivity index (χ1) is 12.5. The lowest BCUT2D eigenvalue weighted by molar-refractivity contribution is 0.0827. The van der Waals surface area contributed by atoms with Crippen molar-refractivity contribution >= 4 is 11.9 Å². The second-order valence-electron chi connectivity index (χ2n) is 5.98. The van der Waals surface area contributed by atoms with Crippen LogP contribution in [0.3, 0.4) is 0 Å². The molecule has 0 saturated heterocycles. The fourth-order valence-electron chi connectivity index (χ4n) is 2.37. The molecule has 1 aromatic carbocycles. The molecule has 0 radical (unpaired) electrons. The van der Waals surface area contributed by atoms with E-state index in [2.05, 4.69) is 32.7 Å². The van der Waals surface area contributed by atoms with Gasteiger partial charge in [0.2, 0.25) is 0 Å². The Morgan fingerprint density at radius 1 is 1.19 bits per heavy atom. The molecule has 8 nitrogen and oxygen atoms in total. The highest BCUT2D eigenvalue weighted by molar-refractivity contribution is 5.93. The number of aryl methyl sites for hydroxylation is 1. The van der Waals surface area contributed by atoms with Crippen molar-refractivity contribution in [2.75, 3.05) is 20.6 Å². The fraction of sp³-hybridized carbons (Fsp3) is 0.444. The Balaban J connectivity index is 1.98. The smallest absolute Gasteiger partial charge is 0.253 e. The van der Waals surface area contributed by atoms with Gasteiger partial charge in [-0.05, 0) is 31.5 Å². The minimum absolute atomic E-state index is 0.00454. The number of nitrogens with one attached hydrogen (secondary N) is 2. The van der Waals surface area contributed by atoms with Gasteiger partial charge in [-0.3, -0.25) is 4.79 Å². The summed E-state index contributed by atoms with van der Waals surface area (Å²) in [4.78, 5) is 18.1. The fourth-order valence-corrected chi connectivity index (χ4v) is 2.37. The van der Waals surface area contributed by atoms with Crippen LogP contribution >= 0.6 is 0 Å². The SMILES string of the molecule is CCNC(=NCc1ccc(C(=O)N(C)C)cc1)NCc1nncn1CC. The van der Waals surface area contributed by atoms with Crippen LogP contribution in [0.5, 0.6) is 0 Å². The molecule has 0 unspecified atom stereocenters. The molecule has 2 N–H and O–H groups in total. The first-order valence-corrected chi connectivity index (χ1v) is 8.74. The lowest BCUT2D eigenvalue weighted by Crippen LogP contribution is -2.37. The quantitative estimate of drug-likeness (QED) is 0.575. The molecule has 0 fully saturated rings. The van der Waals surface area contributed by atoms with Crippen LogP contribution in [0.15, 0.2) is 35.6 Å². The third kappa shape index (κ3) is 5.30. The summed E-state index contributed by atoms with van der Waals surface area (Å²) >= 11 is 0. The van der Waals surface area contributed by atoms with Gasteiger partial charge in [-0.25, -0.2) is 4.99 Å². The summed E-state index contributed by atoms with van der Waals surface area (Å²) < 4.78 is 1.98. The second-order valence-corrected chi connectivity index (χ2v) is 5.98. The zero-order valence-electron chi connectivity index (χ0n) is 15.9. The number of nitrogens with zero attached hydrogens (tertiary/aromatic N) is 5. The van der Waals surface area contributed by atoms with Gasteiger partial charge in [0.05, 0.1) is 13.1 Å². The summed E-state index contributed by atoms with van der Waals surface area (Å²) in [6.45, 7) is 6.74. The molecule has 8 heteroatoms. The van der Waals surface area contributed by atoms with Crippen molar-refractivity contribution in [3.8, 4) is 0 Å². The first kappa shape index (κ1) is 19.4. The second kappa shape index (κ2) is 9.55. The maximum atomic E-state index is 11.9. The van der Waals surface area contributed by atoms with E-state index in [1.54, 1.807) is 25.3 Å². The van der Waals surface area contributed by atoms with Crippen molar-refractivity contribution < 1.29 is 4.79 Å². The molecule has 26 heavy (non-hydrogen) atoms. The van der Waals surface area contributed by atoms with Crippen LogP contribution in [-0.4, -0.2) is 52.2 Å². The highest BCUT2D eigenvalue weighted by Gasteiger charge is 2.07. The van der Waals surface area contributed by atoms with Gasteiger partial charge in [-0.15, -0.1) is 10.2 Å². The predicted octanol–water partition coefficient (Wildman–Crippen LogP) is 1.26. The minimum Gasteiger partial charge on any atom is -0.357 e. The van der Waals surface area contributed by atoms with E-state index in [4.69, 9.17) is 0 Å². The molecule has 0 atom stereocenters. The average Bonchev–Trinajstić information content (AvgIpc) is 3.11. The Hall–Kier alpha value is -2.90. The molecule has 0 saturated carbocycles. The summed E-state index contributed by atoms with van der Waals surface area (Å²) in [5.41, 5.74) is 1.71. The Morgan fingerprint density at radius 2 is 1.92 bits per heavy atom. The average molecular weight is 357 g/mol. The number of rotatable bonds is 7.